The predicted molar refractivity (Wildman–Crippen MR) is 106 cm³/mol. The second-order valence-electron chi connectivity index (χ2n) is 6.51. The van der Waals surface area contributed by atoms with Crippen molar-refractivity contribution in [3.05, 3.63) is 90.5 Å². The second-order valence-corrected chi connectivity index (χ2v) is 6.51. The minimum atomic E-state index is -0.269. The SMILES string of the molecule is CB(Cc1ccccc1)n1nnc(-c2ccc(F)cc2)c1-c1ccncc1. The van der Waals surface area contributed by atoms with Crippen molar-refractivity contribution in [1.29, 1.82) is 0 Å². The van der Waals surface area contributed by atoms with Gasteiger partial charge in [0, 0.05) is 23.5 Å². The van der Waals surface area contributed by atoms with Crippen LogP contribution in [0.15, 0.2) is 79.1 Å². The van der Waals surface area contributed by atoms with Crippen molar-refractivity contribution in [2.75, 3.05) is 0 Å². The summed E-state index contributed by atoms with van der Waals surface area (Å²) in [5, 5.41) is 8.87. The van der Waals surface area contributed by atoms with E-state index in [1.165, 1.54) is 17.7 Å². The molecule has 0 aliphatic rings. The molecular weight excluding hydrogens is 338 g/mol. The van der Waals surface area contributed by atoms with Crippen LogP contribution in [0.3, 0.4) is 0 Å². The quantitative estimate of drug-likeness (QED) is 0.498. The molecule has 132 valence electrons. The molecule has 0 spiro atoms. The number of hydrogen-bond acceptors (Lipinski definition) is 3. The fourth-order valence-corrected chi connectivity index (χ4v) is 3.22. The maximum absolute atomic E-state index is 13.4. The van der Waals surface area contributed by atoms with Gasteiger partial charge >= 0.3 is 0 Å². The Morgan fingerprint density at radius 3 is 2.30 bits per heavy atom. The molecular formula is C21H18BFN4. The summed E-state index contributed by atoms with van der Waals surface area (Å²) in [4.78, 5) is 4.11. The maximum atomic E-state index is 13.4. The van der Waals surface area contributed by atoms with Gasteiger partial charge in [-0.25, -0.2) is 4.39 Å². The highest BCUT2D eigenvalue weighted by molar-refractivity contribution is 6.55. The van der Waals surface area contributed by atoms with Crippen molar-refractivity contribution in [3.63, 3.8) is 0 Å². The molecule has 0 aliphatic heterocycles. The van der Waals surface area contributed by atoms with E-state index in [1.54, 1.807) is 24.5 Å². The first kappa shape index (κ1) is 17.2. The molecule has 0 fully saturated rings. The number of benzene rings is 2. The minimum Gasteiger partial charge on any atom is -0.290 e. The lowest BCUT2D eigenvalue weighted by Crippen LogP contribution is -2.26. The standard InChI is InChI=1S/C21H18BFN4/c1-22(15-16-5-3-2-4-6-16)27-21(18-11-13-24-14-12-18)20(25-26-27)17-7-9-19(23)10-8-17/h2-14H,15H2,1H3. The zero-order chi connectivity index (χ0) is 18.6. The molecule has 0 amide bonds. The number of hydrogen-bond donors (Lipinski definition) is 0. The molecule has 0 radical (unpaired) electrons. The topological polar surface area (TPSA) is 43.6 Å². The van der Waals surface area contributed by atoms with Gasteiger partial charge in [-0.15, -0.1) is 5.10 Å². The Hall–Kier alpha value is -3.28. The van der Waals surface area contributed by atoms with Gasteiger partial charge < -0.3 is 0 Å². The number of rotatable bonds is 5. The third-order valence-electron chi connectivity index (χ3n) is 4.56. The smallest absolute Gasteiger partial charge is 0.288 e. The summed E-state index contributed by atoms with van der Waals surface area (Å²) < 4.78 is 15.3. The molecule has 0 N–H and O–H groups in total. The van der Waals surface area contributed by atoms with E-state index in [-0.39, 0.29) is 12.7 Å². The van der Waals surface area contributed by atoms with Crippen LogP contribution in [0.2, 0.25) is 6.82 Å². The monoisotopic (exact) mass is 356 g/mol. The highest BCUT2D eigenvalue weighted by atomic mass is 19.1. The molecule has 0 aliphatic carbocycles. The van der Waals surface area contributed by atoms with Crippen LogP contribution in [0.1, 0.15) is 5.56 Å². The molecule has 2 aromatic heterocycles. The van der Waals surface area contributed by atoms with Crippen LogP contribution < -0.4 is 0 Å². The van der Waals surface area contributed by atoms with Crippen LogP contribution in [0.4, 0.5) is 4.39 Å². The van der Waals surface area contributed by atoms with E-state index in [0.717, 1.165) is 28.8 Å². The fourth-order valence-electron chi connectivity index (χ4n) is 3.22. The Bertz CT molecular complexity index is 1020. The lowest BCUT2D eigenvalue weighted by Gasteiger charge is -2.13. The maximum Gasteiger partial charge on any atom is 0.288 e. The van der Waals surface area contributed by atoms with Gasteiger partial charge in [0.15, 0.2) is 0 Å². The van der Waals surface area contributed by atoms with Crippen molar-refractivity contribution in [1.82, 2.24) is 19.9 Å². The third-order valence-corrected chi connectivity index (χ3v) is 4.56. The van der Waals surface area contributed by atoms with Crippen molar-refractivity contribution >= 4 is 6.85 Å². The Labute approximate surface area is 157 Å². The lowest BCUT2D eigenvalue weighted by atomic mass is 9.60. The highest BCUT2D eigenvalue weighted by Crippen LogP contribution is 2.30. The van der Waals surface area contributed by atoms with Gasteiger partial charge in [0.25, 0.3) is 6.85 Å². The summed E-state index contributed by atoms with van der Waals surface area (Å²) in [5.74, 6) is -0.269. The van der Waals surface area contributed by atoms with Crippen LogP contribution in [0, 0.1) is 5.82 Å². The lowest BCUT2D eigenvalue weighted by molar-refractivity contribution is 0.628. The van der Waals surface area contributed by atoms with Gasteiger partial charge in [0.1, 0.15) is 11.5 Å². The second kappa shape index (κ2) is 7.54. The molecule has 2 heterocycles. The van der Waals surface area contributed by atoms with E-state index in [0.29, 0.717) is 0 Å². The molecule has 4 rings (SSSR count). The number of nitrogens with zero attached hydrogens (tertiary/aromatic N) is 4. The van der Waals surface area contributed by atoms with Crippen molar-refractivity contribution < 1.29 is 4.39 Å². The number of halogens is 1. The molecule has 4 aromatic rings. The van der Waals surface area contributed by atoms with Crippen LogP contribution >= 0.6 is 0 Å². The summed E-state index contributed by atoms with van der Waals surface area (Å²) in [6.07, 6.45) is 4.34. The van der Waals surface area contributed by atoms with E-state index in [4.69, 9.17) is 0 Å². The van der Waals surface area contributed by atoms with Gasteiger partial charge in [-0.2, -0.15) is 0 Å². The van der Waals surface area contributed by atoms with E-state index < -0.39 is 0 Å². The molecule has 0 saturated carbocycles. The van der Waals surface area contributed by atoms with Gasteiger partial charge in [0.2, 0.25) is 0 Å². The van der Waals surface area contributed by atoms with E-state index in [2.05, 4.69) is 34.3 Å². The van der Waals surface area contributed by atoms with Crippen molar-refractivity contribution in [2.24, 2.45) is 0 Å². The van der Waals surface area contributed by atoms with Crippen molar-refractivity contribution in [2.45, 2.75) is 13.1 Å². The minimum absolute atomic E-state index is 0.109. The summed E-state index contributed by atoms with van der Waals surface area (Å²) in [6.45, 7) is 2.23. The zero-order valence-corrected chi connectivity index (χ0v) is 15.0. The molecule has 27 heavy (non-hydrogen) atoms. The molecule has 0 atom stereocenters. The first-order valence-corrected chi connectivity index (χ1v) is 8.88. The van der Waals surface area contributed by atoms with Gasteiger partial charge in [-0.3, -0.25) is 9.58 Å². The van der Waals surface area contributed by atoms with Crippen LogP contribution in [0.25, 0.3) is 22.5 Å². The average molecular weight is 356 g/mol. The molecule has 2 aromatic carbocycles. The average Bonchev–Trinajstić information content (AvgIpc) is 3.15. The Kier molecular flexibility index (Phi) is 4.79. The number of pyridine rings is 1. The third kappa shape index (κ3) is 3.65. The molecule has 4 nitrogen and oxygen atoms in total. The Balaban J connectivity index is 1.79. The summed E-state index contributed by atoms with van der Waals surface area (Å²) >= 11 is 0. The van der Waals surface area contributed by atoms with Crippen molar-refractivity contribution in [3.8, 4) is 22.5 Å². The van der Waals surface area contributed by atoms with Gasteiger partial charge in [-0.05, 0) is 42.7 Å². The van der Waals surface area contributed by atoms with Gasteiger partial charge in [0.05, 0.1) is 5.69 Å². The van der Waals surface area contributed by atoms with Crippen LogP contribution in [0.5, 0.6) is 0 Å². The molecule has 0 saturated heterocycles. The number of aromatic nitrogens is 4. The van der Waals surface area contributed by atoms with Crippen LogP contribution in [-0.2, 0) is 6.32 Å². The first-order valence-electron chi connectivity index (χ1n) is 8.88. The molecule has 0 unspecified atom stereocenters. The predicted octanol–water partition coefficient (Wildman–Crippen LogP) is 4.40. The van der Waals surface area contributed by atoms with E-state index >= 15 is 0 Å². The summed E-state index contributed by atoms with van der Waals surface area (Å²) in [6, 6.07) is 20.5. The summed E-state index contributed by atoms with van der Waals surface area (Å²) in [5.41, 5.74) is 4.70. The van der Waals surface area contributed by atoms with Gasteiger partial charge in [-0.1, -0.05) is 47.9 Å². The largest absolute Gasteiger partial charge is 0.290 e. The Morgan fingerprint density at radius 2 is 1.59 bits per heavy atom. The molecule has 6 heteroatoms. The molecule has 0 bridgehead atoms. The summed E-state index contributed by atoms with van der Waals surface area (Å²) in [7, 11) is 0. The highest BCUT2D eigenvalue weighted by Gasteiger charge is 2.22. The van der Waals surface area contributed by atoms with E-state index in [1.807, 2.05) is 34.9 Å². The fraction of sp³-hybridized carbons (Fsp3) is 0.0952. The zero-order valence-electron chi connectivity index (χ0n) is 15.0. The Morgan fingerprint density at radius 1 is 0.889 bits per heavy atom. The van der Waals surface area contributed by atoms with E-state index in [9.17, 15) is 4.39 Å². The first-order chi connectivity index (χ1) is 13.2. The normalized spacial score (nSPS) is 10.7. The van der Waals surface area contributed by atoms with Crippen LogP contribution in [-0.4, -0.2) is 26.7 Å².